The number of piperidine rings is 1. The average molecular weight is 293 g/mol. The van der Waals surface area contributed by atoms with Gasteiger partial charge < -0.3 is 0 Å². The minimum Gasteiger partial charge on any atom is -0.290 e. The normalized spacial score (nSPS) is 28.8. The fourth-order valence-corrected chi connectivity index (χ4v) is 3.17. The van der Waals surface area contributed by atoms with Gasteiger partial charge in [-0.05, 0) is 58.0 Å². The molecule has 1 spiro atoms. The van der Waals surface area contributed by atoms with Gasteiger partial charge in [-0.3, -0.25) is 4.90 Å². The third-order valence-electron chi connectivity index (χ3n) is 3.99. The van der Waals surface area contributed by atoms with Crippen LogP contribution in [0.1, 0.15) is 46.0 Å². The lowest BCUT2D eigenvalue weighted by Gasteiger charge is -2.50. The number of hydrogen-bond acceptors (Lipinski definition) is 1. The summed E-state index contributed by atoms with van der Waals surface area (Å²) in [6.07, 6.45) is 7.44. The van der Waals surface area contributed by atoms with Crippen LogP contribution in [0.25, 0.3) is 0 Å². The van der Waals surface area contributed by atoms with Crippen molar-refractivity contribution in [2.24, 2.45) is 5.41 Å². The van der Waals surface area contributed by atoms with Gasteiger partial charge >= 0.3 is 0 Å². The molecule has 1 saturated heterocycles. The second-order valence-electron chi connectivity index (χ2n) is 5.25. The highest BCUT2D eigenvalue weighted by Crippen LogP contribution is 2.49. The standard InChI is InChI=1S/C11H20IN/c1-10(2,12)13-8-6-11(7-9-13)4-3-5-11/h3-9H2,1-2H3. The summed E-state index contributed by atoms with van der Waals surface area (Å²) in [5.74, 6) is 0. The van der Waals surface area contributed by atoms with Crippen molar-refractivity contribution in [3.63, 3.8) is 0 Å². The molecule has 0 bridgehead atoms. The van der Waals surface area contributed by atoms with Gasteiger partial charge in [-0.15, -0.1) is 0 Å². The third-order valence-corrected chi connectivity index (χ3v) is 4.67. The van der Waals surface area contributed by atoms with E-state index in [9.17, 15) is 0 Å². The van der Waals surface area contributed by atoms with Crippen LogP contribution in [-0.4, -0.2) is 21.5 Å². The van der Waals surface area contributed by atoms with Crippen molar-refractivity contribution in [3.05, 3.63) is 0 Å². The Morgan fingerprint density at radius 1 is 1.08 bits per heavy atom. The number of halogens is 1. The molecule has 0 unspecified atom stereocenters. The van der Waals surface area contributed by atoms with Crippen LogP contribution in [0.5, 0.6) is 0 Å². The molecule has 1 saturated carbocycles. The number of likely N-dealkylation sites (tertiary alicyclic amines) is 1. The number of hydrogen-bond donors (Lipinski definition) is 0. The Bertz CT molecular complexity index is 181. The molecular weight excluding hydrogens is 273 g/mol. The second-order valence-corrected chi connectivity index (χ2v) is 7.89. The van der Waals surface area contributed by atoms with Crippen LogP contribution in [0.4, 0.5) is 0 Å². The van der Waals surface area contributed by atoms with Crippen LogP contribution in [0.15, 0.2) is 0 Å². The van der Waals surface area contributed by atoms with Gasteiger partial charge in [-0.25, -0.2) is 0 Å². The molecule has 1 nitrogen and oxygen atoms in total. The maximum absolute atomic E-state index is 2.64. The maximum atomic E-state index is 2.64. The summed E-state index contributed by atoms with van der Waals surface area (Å²) in [6.45, 7) is 7.31. The first-order valence-electron chi connectivity index (χ1n) is 5.46. The van der Waals surface area contributed by atoms with Crippen molar-refractivity contribution in [1.29, 1.82) is 0 Å². The first-order chi connectivity index (χ1) is 6.02. The van der Waals surface area contributed by atoms with E-state index in [1.807, 2.05) is 0 Å². The molecule has 2 aliphatic rings. The Labute approximate surface area is 95.4 Å². The van der Waals surface area contributed by atoms with E-state index in [0.717, 1.165) is 5.41 Å². The predicted molar refractivity (Wildman–Crippen MR) is 65.2 cm³/mol. The van der Waals surface area contributed by atoms with Crippen molar-refractivity contribution in [2.75, 3.05) is 13.1 Å². The molecule has 0 amide bonds. The number of alkyl halides is 1. The monoisotopic (exact) mass is 293 g/mol. The molecule has 2 fully saturated rings. The molecule has 2 heteroatoms. The van der Waals surface area contributed by atoms with Crippen molar-refractivity contribution < 1.29 is 0 Å². The molecule has 0 radical (unpaired) electrons. The Kier molecular flexibility index (Phi) is 2.65. The number of rotatable bonds is 1. The van der Waals surface area contributed by atoms with Gasteiger partial charge in [-0.2, -0.15) is 0 Å². The summed E-state index contributed by atoms with van der Waals surface area (Å²) in [5.41, 5.74) is 0.804. The summed E-state index contributed by atoms with van der Waals surface area (Å²) in [7, 11) is 0. The van der Waals surface area contributed by atoms with Crippen molar-refractivity contribution in [3.8, 4) is 0 Å². The van der Waals surface area contributed by atoms with E-state index < -0.39 is 0 Å². The molecule has 0 N–H and O–H groups in total. The maximum Gasteiger partial charge on any atom is 0.0673 e. The van der Waals surface area contributed by atoms with E-state index in [4.69, 9.17) is 0 Å². The summed E-state index contributed by atoms with van der Waals surface area (Å²) in [4.78, 5) is 2.64. The first kappa shape index (κ1) is 10.2. The van der Waals surface area contributed by atoms with Gasteiger partial charge in [0.05, 0.1) is 3.55 Å². The van der Waals surface area contributed by atoms with Crippen molar-refractivity contribution in [1.82, 2.24) is 4.90 Å². The van der Waals surface area contributed by atoms with E-state index in [1.54, 1.807) is 0 Å². The van der Waals surface area contributed by atoms with Crippen molar-refractivity contribution in [2.45, 2.75) is 49.5 Å². The van der Waals surface area contributed by atoms with Crippen LogP contribution >= 0.6 is 22.6 Å². The summed E-state index contributed by atoms with van der Waals surface area (Å²) >= 11 is 2.56. The Hall–Kier alpha value is 0.690. The minimum absolute atomic E-state index is 0.364. The molecule has 0 atom stereocenters. The van der Waals surface area contributed by atoms with Crippen LogP contribution in [0.3, 0.4) is 0 Å². The highest BCUT2D eigenvalue weighted by molar-refractivity contribution is 14.1. The first-order valence-corrected chi connectivity index (χ1v) is 6.54. The van der Waals surface area contributed by atoms with Crippen LogP contribution in [0.2, 0.25) is 0 Å². The topological polar surface area (TPSA) is 3.24 Å². The zero-order chi connectivity index (χ0) is 9.53. The quantitative estimate of drug-likeness (QED) is 0.407. The molecule has 0 aromatic rings. The summed E-state index contributed by atoms with van der Waals surface area (Å²) in [6, 6.07) is 0. The second kappa shape index (κ2) is 3.37. The third kappa shape index (κ3) is 2.04. The van der Waals surface area contributed by atoms with Gasteiger partial charge in [0.15, 0.2) is 0 Å². The summed E-state index contributed by atoms with van der Waals surface area (Å²) in [5, 5.41) is 0. The zero-order valence-electron chi connectivity index (χ0n) is 8.77. The van der Waals surface area contributed by atoms with E-state index in [1.165, 1.54) is 45.2 Å². The Balaban J connectivity index is 1.89. The smallest absolute Gasteiger partial charge is 0.0673 e. The van der Waals surface area contributed by atoms with E-state index in [-0.39, 0.29) is 0 Å². The minimum atomic E-state index is 0.364. The van der Waals surface area contributed by atoms with E-state index in [2.05, 4.69) is 41.3 Å². The SMILES string of the molecule is CC(C)(I)N1CCC2(CCC2)CC1. The lowest BCUT2D eigenvalue weighted by molar-refractivity contribution is 0.0188. The zero-order valence-corrected chi connectivity index (χ0v) is 10.9. The van der Waals surface area contributed by atoms with Crippen LogP contribution < -0.4 is 0 Å². The fraction of sp³-hybridized carbons (Fsp3) is 1.00. The molecule has 0 aromatic carbocycles. The van der Waals surface area contributed by atoms with Crippen LogP contribution in [-0.2, 0) is 0 Å². The average Bonchev–Trinajstić information content (AvgIpc) is 2.00. The lowest BCUT2D eigenvalue weighted by atomic mass is 9.63. The lowest BCUT2D eigenvalue weighted by Crippen LogP contribution is -2.49. The molecule has 13 heavy (non-hydrogen) atoms. The van der Waals surface area contributed by atoms with Gasteiger partial charge in [0, 0.05) is 0 Å². The molecule has 1 aliphatic heterocycles. The van der Waals surface area contributed by atoms with Gasteiger partial charge in [0.2, 0.25) is 0 Å². The molecule has 2 rings (SSSR count). The molecule has 1 heterocycles. The highest BCUT2D eigenvalue weighted by atomic mass is 127. The van der Waals surface area contributed by atoms with Gasteiger partial charge in [0.1, 0.15) is 0 Å². The molecular formula is C11H20IN. The van der Waals surface area contributed by atoms with E-state index in [0.29, 0.717) is 3.55 Å². The molecule has 0 aromatic heterocycles. The fourth-order valence-electron chi connectivity index (χ4n) is 2.69. The Morgan fingerprint density at radius 2 is 1.62 bits per heavy atom. The molecule has 1 aliphatic carbocycles. The highest BCUT2D eigenvalue weighted by Gasteiger charge is 2.41. The predicted octanol–water partition coefficient (Wildman–Crippen LogP) is 3.42. The number of nitrogens with zero attached hydrogens (tertiary/aromatic N) is 1. The Morgan fingerprint density at radius 3 is 1.92 bits per heavy atom. The van der Waals surface area contributed by atoms with Gasteiger partial charge in [0.25, 0.3) is 0 Å². The van der Waals surface area contributed by atoms with Crippen LogP contribution in [0, 0.1) is 5.41 Å². The summed E-state index contributed by atoms with van der Waals surface area (Å²) < 4.78 is 0.364. The largest absolute Gasteiger partial charge is 0.290 e. The van der Waals surface area contributed by atoms with E-state index >= 15 is 0 Å². The van der Waals surface area contributed by atoms with Gasteiger partial charge in [-0.1, -0.05) is 29.0 Å². The van der Waals surface area contributed by atoms with Crippen molar-refractivity contribution >= 4 is 22.6 Å². The molecule has 76 valence electrons.